The summed E-state index contributed by atoms with van der Waals surface area (Å²) in [5.74, 6) is -0.0209. The van der Waals surface area contributed by atoms with Gasteiger partial charge in [-0.05, 0) is 50.3 Å². The molecule has 3 aliphatic heterocycles. The molecule has 6 nitrogen and oxygen atoms in total. The van der Waals surface area contributed by atoms with Crippen LogP contribution in [0, 0.1) is 0 Å². The lowest BCUT2D eigenvalue weighted by molar-refractivity contribution is -0.133. The molecule has 1 unspecified atom stereocenters. The number of likely N-dealkylation sites (tertiary alicyclic amines) is 1. The summed E-state index contributed by atoms with van der Waals surface area (Å²) in [6, 6.07) is 7.25. The Morgan fingerprint density at radius 3 is 2.68 bits per heavy atom. The van der Waals surface area contributed by atoms with E-state index in [4.69, 9.17) is 0 Å². The topological polar surface area (TPSA) is 69.7 Å². The van der Waals surface area contributed by atoms with Crippen molar-refractivity contribution >= 4 is 23.4 Å². The molecule has 6 heteroatoms. The minimum atomic E-state index is -0.686. The van der Waals surface area contributed by atoms with Crippen molar-refractivity contribution in [2.45, 2.75) is 44.1 Å². The van der Waals surface area contributed by atoms with Crippen molar-refractivity contribution in [3.63, 3.8) is 0 Å². The molecule has 0 radical (unpaired) electrons. The molecule has 4 rings (SSSR count). The number of benzene rings is 1. The summed E-state index contributed by atoms with van der Waals surface area (Å²) in [5.41, 5.74) is 0.640. The summed E-state index contributed by atoms with van der Waals surface area (Å²) >= 11 is 0. The summed E-state index contributed by atoms with van der Waals surface area (Å²) < 4.78 is 0. The second-order valence-electron chi connectivity index (χ2n) is 7.15. The molecule has 3 heterocycles. The summed E-state index contributed by atoms with van der Waals surface area (Å²) in [7, 11) is 0. The van der Waals surface area contributed by atoms with Gasteiger partial charge < -0.3 is 15.1 Å². The second-order valence-corrected chi connectivity index (χ2v) is 7.15. The van der Waals surface area contributed by atoms with Crippen LogP contribution in [0.4, 0.5) is 5.69 Å². The fraction of sp³-hybridized carbons (Fsp3) is 0.526. The molecule has 1 N–H and O–H groups in total. The highest BCUT2D eigenvalue weighted by atomic mass is 16.2. The highest BCUT2D eigenvalue weighted by Gasteiger charge is 2.50. The first-order valence-corrected chi connectivity index (χ1v) is 9.12. The van der Waals surface area contributed by atoms with Crippen LogP contribution in [0.5, 0.6) is 0 Å². The molecule has 1 spiro atoms. The third kappa shape index (κ3) is 2.60. The zero-order valence-electron chi connectivity index (χ0n) is 14.3. The van der Waals surface area contributed by atoms with E-state index in [1.165, 1.54) is 0 Å². The molecule has 132 valence electrons. The minimum Gasteiger partial charge on any atom is -0.354 e. The van der Waals surface area contributed by atoms with E-state index in [1.54, 1.807) is 21.9 Å². The van der Waals surface area contributed by atoms with Gasteiger partial charge in [0.15, 0.2) is 0 Å². The maximum Gasteiger partial charge on any atom is 0.254 e. The summed E-state index contributed by atoms with van der Waals surface area (Å²) in [4.78, 5) is 41.2. The fourth-order valence-corrected chi connectivity index (χ4v) is 4.42. The first kappa shape index (κ1) is 16.1. The Kier molecular flexibility index (Phi) is 3.98. The summed E-state index contributed by atoms with van der Waals surface area (Å²) in [5, 5.41) is 2.93. The normalized spacial score (nSPS) is 26.4. The SMILES string of the molecule is O=C1CCCN1c1cccc(C(=O)N2CCCC23CCCNC3=O)c1. The molecule has 1 atom stereocenters. The molecule has 0 aromatic heterocycles. The monoisotopic (exact) mass is 341 g/mol. The highest BCUT2D eigenvalue weighted by molar-refractivity contribution is 6.02. The molecule has 3 aliphatic rings. The van der Waals surface area contributed by atoms with Crippen LogP contribution in [0.25, 0.3) is 0 Å². The number of rotatable bonds is 2. The van der Waals surface area contributed by atoms with Crippen LogP contribution in [-0.2, 0) is 9.59 Å². The minimum absolute atomic E-state index is 0.0181. The Labute approximate surface area is 147 Å². The lowest BCUT2D eigenvalue weighted by atomic mass is 9.86. The molecular weight excluding hydrogens is 318 g/mol. The van der Waals surface area contributed by atoms with Gasteiger partial charge in [0.25, 0.3) is 5.91 Å². The van der Waals surface area contributed by atoms with Crippen molar-refractivity contribution in [1.29, 1.82) is 0 Å². The van der Waals surface area contributed by atoms with E-state index in [0.29, 0.717) is 31.6 Å². The van der Waals surface area contributed by atoms with Crippen LogP contribution in [0.15, 0.2) is 24.3 Å². The molecule has 1 aromatic rings. The number of carbonyl (C=O) groups is 3. The van der Waals surface area contributed by atoms with Crippen molar-refractivity contribution in [2.75, 3.05) is 24.5 Å². The zero-order chi connectivity index (χ0) is 17.4. The van der Waals surface area contributed by atoms with Crippen LogP contribution in [0.1, 0.15) is 48.9 Å². The Morgan fingerprint density at radius 1 is 1.08 bits per heavy atom. The molecule has 3 fully saturated rings. The van der Waals surface area contributed by atoms with E-state index in [1.807, 2.05) is 12.1 Å². The maximum atomic E-state index is 13.2. The quantitative estimate of drug-likeness (QED) is 0.890. The van der Waals surface area contributed by atoms with Gasteiger partial charge in [0.1, 0.15) is 5.54 Å². The number of anilines is 1. The molecule has 3 amide bonds. The molecule has 0 aliphatic carbocycles. The predicted molar refractivity (Wildman–Crippen MR) is 93.3 cm³/mol. The number of nitrogens with zero attached hydrogens (tertiary/aromatic N) is 2. The van der Waals surface area contributed by atoms with Crippen molar-refractivity contribution in [3.05, 3.63) is 29.8 Å². The Hall–Kier alpha value is -2.37. The van der Waals surface area contributed by atoms with Gasteiger partial charge in [-0.15, -0.1) is 0 Å². The lowest BCUT2D eigenvalue weighted by Crippen LogP contribution is -2.60. The smallest absolute Gasteiger partial charge is 0.254 e. The van der Waals surface area contributed by atoms with E-state index >= 15 is 0 Å². The molecule has 0 saturated carbocycles. The summed E-state index contributed by atoms with van der Waals surface area (Å²) in [6.45, 7) is 2.00. The Morgan fingerprint density at radius 2 is 1.92 bits per heavy atom. The van der Waals surface area contributed by atoms with Crippen LogP contribution in [0.2, 0.25) is 0 Å². The number of hydrogen-bond acceptors (Lipinski definition) is 3. The Bertz CT molecular complexity index is 732. The first-order chi connectivity index (χ1) is 12.1. The van der Waals surface area contributed by atoms with Gasteiger partial charge in [0.2, 0.25) is 11.8 Å². The van der Waals surface area contributed by atoms with Crippen molar-refractivity contribution < 1.29 is 14.4 Å². The largest absolute Gasteiger partial charge is 0.354 e. The number of hydrogen-bond donors (Lipinski definition) is 1. The van der Waals surface area contributed by atoms with Crippen LogP contribution < -0.4 is 10.2 Å². The molecule has 0 bridgehead atoms. The standard InChI is InChI=1S/C19H23N3O3/c23-16-7-2-11-21(16)15-6-1-5-14(13-15)17(24)22-12-4-9-19(22)8-3-10-20-18(19)25/h1,5-6,13H,2-4,7-12H2,(H,20,25). The van der Waals surface area contributed by atoms with Gasteiger partial charge in [0, 0.05) is 37.3 Å². The van der Waals surface area contributed by atoms with Gasteiger partial charge in [0.05, 0.1) is 0 Å². The predicted octanol–water partition coefficient (Wildman–Crippen LogP) is 1.70. The third-order valence-corrected chi connectivity index (χ3v) is 5.69. The fourth-order valence-electron chi connectivity index (χ4n) is 4.42. The van der Waals surface area contributed by atoms with E-state index in [0.717, 1.165) is 37.8 Å². The van der Waals surface area contributed by atoms with Gasteiger partial charge >= 0.3 is 0 Å². The van der Waals surface area contributed by atoms with Crippen molar-refractivity contribution in [3.8, 4) is 0 Å². The Balaban J connectivity index is 1.62. The number of carbonyl (C=O) groups excluding carboxylic acids is 3. The molecule has 3 saturated heterocycles. The number of piperidine rings is 1. The summed E-state index contributed by atoms with van der Waals surface area (Å²) in [6.07, 6.45) is 4.63. The second kappa shape index (κ2) is 6.17. The number of amides is 3. The van der Waals surface area contributed by atoms with Crippen LogP contribution in [-0.4, -0.2) is 47.8 Å². The van der Waals surface area contributed by atoms with Crippen molar-refractivity contribution in [2.24, 2.45) is 0 Å². The van der Waals surface area contributed by atoms with E-state index < -0.39 is 5.54 Å². The van der Waals surface area contributed by atoms with Gasteiger partial charge in [-0.25, -0.2) is 0 Å². The number of nitrogens with one attached hydrogen (secondary N) is 1. The van der Waals surface area contributed by atoms with Crippen molar-refractivity contribution in [1.82, 2.24) is 10.2 Å². The highest BCUT2D eigenvalue weighted by Crippen LogP contribution is 2.37. The van der Waals surface area contributed by atoms with Crippen LogP contribution in [0.3, 0.4) is 0 Å². The van der Waals surface area contributed by atoms with Crippen LogP contribution >= 0.6 is 0 Å². The average molecular weight is 341 g/mol. The van der Waals surface area contributed by atoms with E-state index in [-0.39, 0.29) is 17.7 Å². The molecule has 1 aromatic carbocycles. The maximum absolute atomic E-state index is 13.2. The average Bonchev–Trinajstić information content (AvgIpc) is 3.24. The van der Waals surface area contributed by atoms with Gasteiger partial charge in [-0.1, -0.05) is 6.07 Å². The van der Waals surface area contributed by atoms with Gasteiger partial charge in [-0.2, -0.15) is 0 Å². The van der Waals surface area contributed by atoms with Gasteiger partial charge in [-0.3, -0.25) is 14.4 Å². The zero-order valence-corrected chi connectivity index (χ0v) is 14.3. The third-order valence-electron chi connectivity index (χ3n) is 5.69. The van der Waals surface area contributed by atoms with E-state index in [2.05, 4.69) is 5.32 Å². The lowest BCUT2D eigenvalue weighted by Gasteiger charge is -2.40. The molecule has 25 heavy (non-hydrogen) atoms. The molecular formula is C19H23N3O3. The van der Waals surface area contributed by atoms with E-state index in [9.17, 15) is 14.4 Å². The first-order valence-electron chi connectivity index (χ1n) is 9.12.